The van der Waals surface area contributed by atoms with Gasteiger partial charge in [-0.25, -0.2) is 0 Å². The largest absolute Gasteiger partial charge is 0.369 e. The van der Waals surface area contributed by atoms with Crippen LogP contribution in [0.1, 0.15) is 69.8 Å². The molecule has 9 aliphatic carbocycles. The molecule has 9 atom stereocenters. The fourth-order valence-electron chi connectivity index (χ4n) is 10.7. The first kappa shape index (κ1) is 18.1. The monoisotopic (exact) mass is 412 g/mol. The Kier molecular flexibility index (Phi) is 3.60. The fraction of sp³-hybridized carbons (Fsp3) is 0.667. The highest BCUT2D eigenvalue weighted by Gasteiger charge is 2.63. The third kappa shape index (κ3) is 2.23. The summed E-state index contributed by atoms with van der Waals surface area (Å²) in [6.07, 6.45) is 14.6. The van der Waals surface area contributed by atoms with Crippen LogP contribution in [0.15, 0.2) is 47.1 Å². The van der Waals surface area contributed by atoms with E-state index < -0.39 is 0 Å². The summed E-state index contributed by atoms with van der Waals surface area (Å²) in [5, 5.41) is 0. The summed E-state index contributed by atoms with van der Waals surface area (Å²) in [6, 6.07) is 11.6. The highest BCUT2D eigenvalue weighted by Crippen LogP contribution is 2.70. The normalized spacial score (nSPS) is 48.8. The quantitative estimate of drug-likeness (QED) is 0.506. The van der Waals surface area contributed by atoms with Gasteiger partial charge in [0.1, 0.15) is 5.60 Å². The minimum absolute atomic E-state index is 0.115. The van der Waals surface area contributed by atoms with E-state index in [1.165, 1.54) is 69.8 Å². The Balaban J connectivity index is 1.46. The molecule has 0 saturated heterocycles. The van der Waals surface area contributed by atoms with Gasteiger partial charge < -0.3 is 4.74 Å². The van der Waals surface area contributed by atoms with Crippen LogP contribution in [0.4, 0.5) is 0 Å². The Morgan fingerprint density at radius 2 is 1.19 bits per heavy atom. The maximum atomic E-state index is 6.95. The SMILES string of the molecule is CO[C@@]12C(c3ccccc3)=C3C(=C1C1C[C@@H]4CC2C[C@H](C1)C4)C1C[C@H]2CC3C[C@@H](C1)C2. The lowest BCUT2D eigenvalue weighted by atomic mass is 9.64. The lowest BCUT2D eigenvalue weighted by molar-refractivity contribution is -0.00136. The first-order valence-corrected chi connectivity index (χ1v) is 13.3. The number of ether oxygens (including phenoxy) is 1. The van der Waals surface area contributed by atoms with E-state index >= 15 is 0 Å². The zero-order valence-corrected chi connectivity index (χ0v) is 19.0. The average Bonchev–Trinajstić information content (AvgIpc) is 2.89. The van der Waals surface area contributed by atoms with Crippen LogP contribution in [0.25, 0.3) is 5.57 Å². The summed E-state index contributed by atoms with van der Waals surface area (Å²) < 4.78 is 6.95. The summed E-state index contributed by atoms with van der Waals surface area (Å²) in [5.74, 6) is 6.98. The van der Waals surface area contributed by atoms with Crippen LogP contribution in [-0.4, -0.2) is 12.7 Å². The molecule has 8 saturated carbocycles. The molecule has 0 aliphatic heterocycles. The van der Waals surface area contributed by atoms with E-state index in [0.29, 0.717) is 5.92 Å². The molecular formula is C30H36O. The molecule has 0 radical (unpaired) electrons. The third-order valence-corrected chi connectivity index (χ3v) is 11.1. The van der Waals surface area contributed by atoms with E-state index in [2.05, 4.69) is 37.4 Å². The van der Waals surface area contributed by atoms with Crippen LogP contribution in [0.2, 0.25) is 0 Å². The van der Waals surface area contributed by atoms with Crippen LogP contribution >= 0.6 is 0 Å². The zero-order chi connectivity index (χ0) is 20.3. The van der Waals surface area contributed by atoms with Gasteiger partial charge in [-0.2, -0.15) is 0 Å². The fourth-order valence-corrected chi connectivity index (χ4v) is 10.7. The Hall–Kier alpha value is -1.34. The van der Waals surface area contributed by atoms with Crippen molar-refractivity contribution in [3.05, 3.63) is 52.6 Å². The van der Waals surface area contributed by atoms with Crippen LogP contribution in [-0.2, 0) is 4.74 Å². The lowest BCUT2D eigenvalue weighted by Gasteiger charge is -2.44. The number of benzene rings is 1. The molecule has 9 aliphatic rings. The second-order valence-corrected chi connectivity index (χ2v) is 12.5. The minimum atomic E-state index is -0.115. The van der Waals surface area contributed by atoms with E-state index in [9.17, 15) is 0 Å². The van der Waals surface area contributed by atoms with E-state index in [0.717, 1.165) is 41.4 Å². The molecule has 1 aromatic carbocycles. The highest BCUT2D eigenvalue weighted by atomic mass is 16.5. The number of rotatable bonds is 2. The average molecular weight is 413 g/mol. The molecule has 162 valence electrons. The van der Waals surface area contributed by atoms with Gasteiger partial charge in [-0.05, 0) is 139 Å². The number of allylic oxidation sites excluding steroid dienone is 2. The maximum absolute atomic E-state index is 6.95. The summed E-state index contributed by atoms with van der Waals surface area (Å²) in [4.78, 5) is 0. The van der Waals surface area contributed by atoms with Gasteiger partial charge in [0.15, 0.2) is 0 Å². The summed E-state index contributed by atoms with van der Waals surface area (Å²) in [6.45, 7) is 0. The molecule has 31 heavy (non-hydrogen) atoms. The summed E-state index contributed by atoms with van der Waals surface area (Å²) in [5.41, 5.74) is 8.58. The smallest absolute Gasteiger partial charge is 0.118 e. The second-order valence-electron chi connectivity index (χ2n) is 12.5. The topological polar surface area (TPSA) is 9.23 Å². The lowest BCUT2D eigenvalue weighted by Crippen LogP contribution is -2.43. The molecule has 1 heteroatoms. The molecule has 8 fully saturated rings. The van der Waals surface area contributed by atoms with E-state index in [4.69, 9.17) is 4.74 Å². The predicted octanol–water partition coefficient (Wildman–Crippen LogP) is 7.05. The van der Waals surface area contributed by atoms with Crippen molar-refractivity contribution in [2.75, 3.05) is 7.11 Å². The van der Waals surface area contributed by atoms with Crippen molar-refractivity contribution in [1.82, 2.24) is 0 Å². The van der Waals surface area contributed by atoms with Gasteiger partial charge >= 0.3 is 0 Å². The van der Waals surface area contributed by atoms with Gasteiger partial charge in [0.05, 0.1) is 0 Å². The van der Waals surface area contributed by atoms with Crippen LogP contribution in [0.3, 0.4) is 0 Å². The molecule has 10 rings (SSSR count). The molecule has 0 heterocycles. The standard InChI is InChI=1S/C30H36O/c1-31-30-25-15-19-8-20(16-25)14-24(13-19)29(30)27-23-11-17-7-18(12-23)10-22(9-17)26(27)28(30)21-5-3-2-4-6-21/h2-6,17-20,22-25H,7-16H2,1H3/t17-,18+,19-,20+,22?,23?,24?,25?,30-/m0/s1. The molecular weight excluding hydrogens is 376 g/mol. The van der Waals surface area contributed by atoms with Crippen molar-refractivity contribution < 1.29 is 4.74 Å². The molecule has 0 N–H and O–H groups in total. The van der Waals surface area contributed by atoms with Crippen LogP contribution < -0.4 is 0 Å². The third-order valence-electron chi connectivity index (χ3n) is 11.1. The van der Waals surface area contributed by atoms with Gasteiger partial charge in [-0.15, -0.1) is 0 Å². The number of hydrogen-bond acceptors (Lipinski definition) is 1. The van der Waals surface area contributed by atoms with Gasteiger partial charge in [0.25, 0.3) is 0 Å². The number of methoxy groups -OCH3 is 1. The Labute approximate surface area is 187 Å². The van der Waals surface area contributed by atoms with Crippen LogP contribution in [0.5, 0.6) is 0 Å². The molecule has 0 aromatic heterocycles. The Morgan fingerprint density at radius 1 is 0.645 bits per heavy atom. The van der Waals surface area contributed by atoms with Crippen molar-refractivity contribution in [2.24, 2.45) is 47.3 Å². The minimum Gasteiger partial charge on any atom is -0.369 e. The van der Waals surface area contributed by atoms with E-state index in [-0.39, 0.29) is 5.60 Å². The van der Waals surface area contributed by atoms with Crippen molar-refractivity contribution in [3.63, 3.8) is 0 Å². The van der Waals surface area contributed by atoms with Crippen molar-refractivity contribution >= 4 is 5.57 Å². The summed E-state index contributed by atoms with van der Waals surface area (Å²) in [7, 11) is 2.08. The molecule has 8 bridgehead atoms. The Morgan fingerprint density at radius 3 is 1.81 bits per heavy atom. The van der Waals surface area contributed by atoms with E-state index in [1.807, 2.05) is 16.7 Å². The molecule has 1 aromatic rings. The first-order valence-electron chi connectivity index (χ1n) is 13.3. The number of hydrogen-bond donors (Lipinski definition) is 0. The predicted molar refractivity (Wildman–Crippen MR) is 124 cm³/mol. The maximum Gasteiger partial charge on any atom is 0.118 e. The van der Waals surface area contributed by atoms with Gasteiger partial charge in [0.2, 0.25) is 0 Å². The van der Waals surface area contributed by atoms with E-state index in [1.54, 1.807) is 5.57 Å². The first-order chi connectivity index (χ1) is 15.2. The van der Waals surface area contributed by atoms with Crippen molar-refractivity contribution in [3.8, 4) is 0 Å². The zero-order valence-electron chi connectivity index (χ0n) is 19.0. The summed E-state index contributed by atoms with van der Waals surface area (Å²) >= 11 is 0. The molecule has 1 nitrogen and oxygen atoms in total. The van der Waals surface area contributed by atoms with Gasteiger partial charge in [-0.1, -0.05) is 30.3 Å². The van der Waals surface area contributed by atoms with Crippen molar-refractivity contribution in [2.45, 2.75) is 69.8 Å². The second kappa shape index (κ2) is 6.16. The van der Waals surface area contributed by atoms with Crippen molar-refractivity contribution in [1.29, 1.82) is 0 Å². The molecule has 4 unspecified atom stereocenters. The van der Waals surface area contributed by atoms with Gasteiger partial charge in [-0.3, -0.25) is 0 Å². The molecule has 0 amide bonds. The van der Waals surface area contributed by atoms with Crippen LogP contribution in [0, 0.1) is 47.3 Å². The highest BCUT2D eigenvalue weighted by molar-refractivity contribution is 5.88. The van der Waals surface area contributed by atoms with Gasteiger partial charge in [0, 0.05) is 7.11 Å². The Bertz CT molecular complexity index is 972. The molecule has 0 spiro atoms.